The molecule has 0 aliphatic rings. The molecule has 0 atom stereocenters. The van der Waals surface area contributed by atoms with E-state index in [0.29, 0.717) is 35.1 Å². The van der Waals surface area contributed by atoms with Crippen molar-refractivity contribution in [2.24, 2.45) is 9.98 Å². The molecule has 4 rings (SSSR count). The average Bonchev–Trinajstić information content (AvgIpc) is 0.814. The fraction of sp³-hybridized carbons (Fsp3) is 0.733. The van der Waals surface area contributed by atoms with Gasteiger partial charge in [0.05, 0.1) is 33.9 Å². The van der Waals surface area contributed by atoms with E-state index in [-0.39, 0.29) is 27.6 Å². The van der Waals surface area contributed by atoms with Gasteiger partial charge in [-0.05, 0) is 148 Å². The maximum atomic E-state index is 11.4. The quantitative estimate of drug-likeness (QED) is 0.0191. The normalized spacial score (nSPS) is 11.6. The molecule has 11 heteroatoms. The van der Waals surface area contributed by atoms with Gasteiger partial charge in [-0.25, -0.2) is 9.59 Å². The molecular weight excluding hydrogens is 1480 g/mol. The van der Waals surface area contributed by atoms with E-state index in [9.17, 15) is 30.0 Å². The molecule has 0 amide bonds. The van der Waals surface area contributed by atoms with Gasteiger partial charge in [0.1, 0.15) is 11.5 Å². The van der Waals surface area contributed by atoms with Crippen LogP contribution in [0.5, 0.6) is 23.0 Å². The molecule has 0 bridgehead atoms. The molecule has 10 nitrogen and oxygen atoms in total. The monoisotopic (exact) mass is 1650 g/mol. The van der Waals surface area contributed by atoms with Crippen molar-refractivity contribution in [3.8, 4) is 23.0 Å². The van der Waals surface area contributed by atoms with E-state index in [1.165, 1.54) is 420 Å². The van der Waals surface area contributed by atoms with Gasteiger partial charge in [0.25, 0.3) is 0 Å². The molecule has 0 saturated carbocycles. The molecule has 0 unspecified atom stereocenters. The van der Waals surface area contributed by atoms with Gasteiger partial charge in [0, 0.05) is 0 Å². The van der Waals surface area contributed by atoms with Crippen LogP contribution in [0.15, 0.2) is 70.6 Å². The molecule has 0 spiro atoms. The Bertz CT molecular complexity index is 2990. The Labute approximate surface area is 723 Å². The zero-order valence-electron chi connectivity index (χ0n) is 76.2. The number of phenols is 2. The van der Waals surface area contributed by atoms with Crippen LogP contribution in [0.4, 0.5) is 11.4 Å². The van der Waals surface area contributed by atoms with Gasteiger partial charge in [-0.3, -0.25) is 9.98 Å². The number of rotatable bonds is 74. The van der Waals surface area contributed by atoms with Crippen LogP contribution in [-0.4, -0.2) is 43.8 Å². The summed E-state index contributed by atoms with van der Waals surface area (Å²) in [4.78, 5) is 32.7. The van der Waals surface area contributed by atoms with Crippen LogP contribution in [0.3, 0.4) is 0 Å². The van der Waals surface area contributed by atoms with Crippen LogP contribution in [0.25, 0.3) is 0 Å². The van der Waals surface area contributed by atoms with Crippen molar-refractivity contribution in [1.29, 1.82) is 0 Å². The Morgan fingerprint density at radius 1 is 0.284 bits per heavy atom. The van der Waals surface area contributed by atoms with Crippen LogP contribution in [-0.2, 0) is 42.2 Å². The van der Waals surface area contributed by atoms with E-state index in [0.717, 1.165) is 56.3 Å². The topological polar surface area (TPSA) is 186 Å². The summed E-state index contributed by atoms with van der Waals surface area (Å²) in [5.74, 6) is -5.13. The number of hydrogen-bond acceptors (Lipinski definition) is 8. The molecule has 4 aromatic carbocycles. The summed E-state index contributed by atoms with van der Waals surface area (Å²) >= 11 is 0. The average molecular weight is 1650 g/mol. The Kier molecular flexibility index (Phi) is 72.4. The number of phenolic OH excluding ortho intramolecular Hbond substituents is 2. The minimum Gasteiger partial charge on any atom is -0.869 e. The van der Waals surface area contributed by atoms with Crippen LogP contribution in [0.1, 0.15) is 513 Å². The molecule has 116 heavy (non-hydrogen) atoms. The third kappa shape index (κ3) is 56.4. The molecule has 0 radical (unpaired) electrons. The molecule has 4 N–H and O–H groups in total. The molecule has 0 fully saturated rings. The second kappa shape index (κ2) is 77.2. The van der Waals surface area contributed by atoms with Crippen molar-refractivity contribution in [3.63, 3.8) is 0 Å². The summed E-state index contributed by atoms with van der Waals surface area (Å²) in [6.45, 7) is 16.4. The van der Waals surface area contributed by atoms with Gasteiger partial charge in [-0.1, -0.05) is 456 Å². The summed E-state index contributed by atoms with van der Waals surface area (Å²) in [5.41, 5.74) is 9.30. The minimum atomic E-state index is -1.28. The van der Waals surface area contributed by atoms with E-state index < -0.39 is 34.9 Å². The zero-order chi connectivity index (χ0) is 83.7. The largest absolute Gasteiger partial charge is 2.00 e. The first-order valence-electron chi connectivity index (χ1n) is 49.0. The van der Waals surface area contributed by atoms with Crippen molar-refractivity contribution in [1.82, 2.24) is 0 Å². The predicted octanol–water partition coefficient (Wildman–Crippen LogP) is 33.1. The first-order chi connectivity index (χ1) is 56.2. The Morgan fingerprint density at radius 3 is 0.724 bits per heavy atom. The number of carboxylic acid groups (broad SMARTS) is 2. The van der Waals surface area contributed by atoms with E-state index in [4.69, 9.17) is 20.2 Å². The standard InChI is InChI=1S/C83H150N2.2C11H14O4.Ni/c1-5-9-13-15-17-19-21-23-25-27-29-31-33-35-37-39-41-43-45-47-49-51-53-55-57-59-61-64-68-78-70-66-72-80(76-78)84-82(74-12-8-4)83(75-63-11-7-3)85-81-73-67-71-79(77-81)69-65-62-60-58-56-54-52-50-48-46-44-42-40-38-36-34-32-30-28-26-24-22-20-18-16-14-10-6-2;2*1-3-4-7-6(2)5-8(12)10(13)9(7)11(14)15;/h66-67,70-73,76-77H,5-65,68-69,74-75H2,1-4H3;2*5,12-13H,3-4H2,1-2H3,(H,14,15);/q;;;+2/p-2. The minimum absolute atomic E-state index is 0. The molecule has 0 heterocycles. The number of unbranched alkanes of at least 4 members (excludes halogenated alkanes) is 57. The van der Waals surface area contributed by atoms with Crippen molar-refractivity contribution >= 4 is 34.7 Å². The van der Waals surface area contributed by atoms with Crippen molar-refractivity contribution in [3.05, 3.63) is 105 Å². The first kappa shape index (κ1) is 109. The SMILES string of the molecule is CCCCCCCCCCCCCCCCCCCCCCCCCCCCCCc1cccc(N=C(CCCC)C(CCCCC)=Nc2cccc(CCCCCCCCCCCCCCCCCCCCCCCCCCCCCC)c2)c1.CCCc1c(C)cc(O)c([O-])c1C(=O)O.CCCc1c(C)cc(O)c([O-])c1C(=O)O.[Ni+2]. The fourth-order valence-electron chi connectivity index (χ4n) is 16.5. The van der Waals surface area contributed by atoms with Crippen molar-refractivity contribution < 1.29 is 56.7 Å². The smallest absolute Gasteiger partial charge is 0.869 e. The van der Waals surface area contributed by atoms with E-state index >= 15 is 0 Å². The predicted molar refractivity (Wildman–Crippen MR) is 495 cm³/mol. The number of hydrogen-bond donors (Lipinski definition) is 4. The molecule has 0 aromatic heterocycles. The number of carbonyl (C=O) groups is 2. The van der Waals surface area contributed by atoms with Gasteiger partial charge in [0.15, 0.2) is 0 Å². The summed E-state index contributed by atoms with van der Waals surface area (Å²) in [6, 6.07) is 21.0. The number of aliphatic imine (C=N–C) groups is 2. The van der Waals surface area contributed by atoms with Crippen LogP contribution < -0.4 is 10.2 Å². The summed E-state index contributed by atoms with van der Waals surface area (Å²) in [7, 11) is 0. The van der Waals surface area contributed by atoms with E-state index in [2.05, 4.69) is 76.2 Å². The zero-order valence-corrected chi connectivity index (χ0v) is 77.2. The second-order valence-corrected chi connectivity index (χ2v) is 34.5. The third-order valence-electron chi connectivity index (χ3n) is 23.7. The summed E-state index contributed by atoms with van der Waals surface area (Å²) in [6.07, 6.45) is 94.0. The van der Waals surface area contributed by atoms with E-state index in [1.54, 1.807) is 13.8 Å². The molecule has 0 saturated heterocycles. The number of benzene rings is 4. The van der Waals surface area contributed by atoms with Gasteiger partial charge >= 0.3 is 28.4 Å². The van der Waals surface area contributed by atoms with Gasteiger partial charge in [-0.15, -0.1) is 0 Å². The molecule has 664 valence electrons. The van der Waals surface area contributed by atoms with E-state index in [1.807, 2.05) is 13.8 Å². The van der Waals surface area contributed by atoms with Crippen LogP contribution >= 0.6 is 0 Å². The van der Waals surface area contributed by atoms with Gasteiger partial charge in [-0.2, -0.15) is 0 Å². The number of aromatic hydroxyl groups is 2. The molecule has 0 aliphatic heterocycles. The second-order valence-electron chi connectivity index (χ2n) is 34.5. The fourth-order valence-corrected chi connectivity index (χ4v) is 16.5. The number of aryl methyl sites for hydroxylation is 4. The Morgan fingerprint density at radius 2 is 0.500 bits per heavy atom. The van der Waals surface area contributed by atoms with Crippen LogP contribution in [0.2, 0.25) is 0 Å². The molecule has 0 aliphatic carbocycles. The third-order valence-corrected chi connectivity index (χ3v) is 23.7. The molecular formula is C105H176N2NiO8. The Balaban J connectivity index is 0.00000178. The maximum Gasteiger partial charge on any atom is 2.00 e. The number of aromatic carboxylic acids is 2. The molecule has 4 aromatic rings. The van der Waals surface area contributed by atoms with Gasteiger partial charge in [0.2, 0.25) is 0 Å². The maximum absolute atomic E-state index is 11.4. The summed E-state index contributed by atoms with van der Waals surface area (Å²) in [5, 5.41) is 59.2. The van der Waals surface area contributed by atoms with Crippen molar-refractivity contribution in [2.45, 2.75) is 498 Å². The van der Waals surface area contributed by atoms with Crippen molar-refractivity contribution in [2.75, 3.05) is 0 Å². The Hall–Kier alpha value is -5.15. The number of nitrogens with zero attached hydrogens (tertiary/aromatic N) is 2. The number of carboxylic acids is 2. The van der Waals surface area contributed by atoms with Crippen LogP contribution in [0, 0.1) is 13.8 Å². The first-order valence-corrected chi connectivity index (χ1v) is 49.0. The van der Waals surface area contributed by atoms with Gasteiger partial charge < -0.3 is 30.6 Å². The summed E-state index contributed by atoms with van der Waals surface area (Å²) < 4.78 is 0.